The Morgan fingerprint density at radius 2 is 2.27 bits per heavy atom. The molecule has 1 atom stereocenters. The highest BCUT2D eigenvalue weighted by atomic mass is 16.5. The van der Waals surface area contributed by atoms with Gasteiger partial charge in [0.2, 0.25) is 5.91 Å². The van der Waals surface area contributed by atoms with Crippen molar-refractivity contribution in [1.29, 1.82) is 0 Å². The van der Waals surface area contributed by atoms with Crippen LogP contribution in [0.1, 0.15) is 27.2 Å². The molecule has 1 aliphatic heterocycles. The molecule has 1 rings (SSSR count). The summed E-state index contributed by atoms with van der Waals surface area (Å²) in [4.78, 5) is 14.0. The summed E-state index contributed by atoms with van der Waals surface area (Å²) >= 11 is 0. The van der Waals surface area contributed by atoms with Crippen LogP contribution < -0.4 is 5.32 Å². The summed E-state index contributed by atoms with van der Waals surface area (Å²) in [5.41, 5.74) is -0.480. The molecule has 1 heterocycles. The Labute approximate surface area is 92.0 Å². The van der Waals surface area contributed by atoms with E-state index in [1.54, 1.807) is 0 Å². The van der Waals surface area contributed by atoms with Gasteiger partial charge in [-0.25, -0.2) is 0 Å². The summed E-state index contributed by atoms with van der Waals surface area (Å²) in [6, 6.07) is 0.246. The third-order valence-electron chi connectivity index (χ3n) is 2.93. The highest BCUT2D eigenvalue weighted by molar-refractivity contribution is 5.85. The van der Waals surface area contributed by atoms with E-state index in [1.165, 1.54) is 0 Å². The SMILES string of the molecule is CCNC(C)(C)C(=O)N(C)C1CCOC1. The predicted molar refractivity (Wildman–Crippen MR) is 59.7 cm³/mol. The molecule has 1 fully saturated rings. The van der Waals surface area contributed by atoms with Crippen molar-refractivity contribution < 1.29 is 9.53 Å². The topological polar surface area (TPSA) is 41.6 Å². The molecule has 4 heteroatoms. The number of ether oxygens (including phenoxy) is 1. The average Bonchev–Trinajstić information content (AvgIpc) is 2.68. The first kappa shape index (κ1) is 12.5. The molecule has 0 saturated carbocycles. The van der Waals surface area contributed by atoms with Gasteiger partial charge in [-0.05, 0) is 26.8 Å². The molecule has 1 aliphatic rings. The van der Waals surface area contributed by atoms with Gasteiger partial charge in [0, 0.05) is 13.7 Å². The van der Waals surface area contributed by atoms with Gasteiger partial charge in [-0.15, -0.1) is 0 Å². The molecule has 0 radical (unpaired) electrons. The monoisotopic (exact) mass is 214 g/mol. The zero-order valence-electron chi connectivity index (χ0n) is 10.2. The molecule has 0 aliphatic carbocycles. The zero-order valence-corrected chi connectivity index (χ0v) is 10.2. The van der Waals surface area contributed by atoms with Crippen molar-refractivity contribution in [3.63, 3.8) is 0 Å². The van der Waals surface area contributed by atoms with Gasteiger partial charge in [-0.1, -0.05) is 6.92 Å². The Balaban J connectivity index is 2.57. The largest absolute Gasteiger partial charge is 0.379 e. The maximum absolute atomic E-state index is 12.1. The number of amides is 1. The molecule has 0 aromatic carbocycles. The Morgan fingerprint density at radius 3 is 2.73 bits per heavy atom. The van der Waals surface area contributed by atoms with Gasteiger partial charge in [-0.2, -0.15) is 0 Å². The van der Waals surface area contributed by atoms with E-state index in [1.807, 2.05) is 32.7 Å². The Bertz CT molecular complexity index is 223. The molecule has 1 N–H and O–H groups in total. The standard InChI is InChI=1S/C11H22N2O2/c1-5-12-11(2,3)10(14)13(4)9-6-7-15-8-9/h9,12H,5-8H2,1-4H3. The smallest absolute Gasteiger partial charge is 0.242 e. The fraction of sp³-hybridized carbons (Fsp3) is 0.909. The van der Waals surface area contributed by atoms with E-state index in [4.69, 9.17) is 4.74 Å². The minimum Gasteiger partial charge on any atom is -0.379 e. The van der Waals surface area contributed by atoms with Crippen LogP contribution in [0.5, 0.6) is 0 Å². The van der Waals surface area contributed by atoms with Crippen molar-refractivity contribution in [1.82, 2.24) is 10.2 Å². The number of likely N-dealkylation sites (N-methyl/N-ethyl adjacent to an activating group) is 2. The molecule has 88 valence electrons. The van der Waals surface area contributed by atoms with Gasteiger partial charge < -0.3 is 15.0 Å². The van der Waals surface area contributed by atoms with Gasteiger partial charge in [0.25, 0.3) is 0 Å². The van der Waals surface area contributed by atoms with Crippen molar-refractivity contribution in [2.75, 3.05) is 26.8 Å². The second-order valence-electron chi connectivity index (χ2n) is 4.59. The fourth-order valence-corrected chi connectivity index (χ4v) is 1.95. The molecule has 0 aromatic rings. The van der Waals surface area contributed by atoms with Crippen LogP contribution in [0.2, 0.25) is 0 Å². The summed E-state index contributed by atoms with van der Waals surface area (Å²) in [7, 11) is 1.86. The lowest BCUT2D eigenvalue weighted by molar-refractivity contribution is -0.137. The van der Waals surface area contributed by atoms with Gasteiger partial charge in [0.05, 0.1) is 18.2 Å². The predicted octanol–water partition coefficient (Wildman–Crippen LogP) is 0.622. The fourth-order valence-electron chi connectivity index (χ4n) is 1.95. The Hall–Kier alpha value is -0.610. The quantitative estimate of drug-likeness (QED) is 0.746. The van der Waals surface area contributed by atoms with Crippen LogP contribution in [0.4, 0.5) is 0 Å². The first-order chi connectivity index (χ1) is 6.99. The highest BCUT2D eigenvalue weighted by Crippen LogP contribution is 2.15. The number of carbonyl (C=O) groups excluding carboxylic acids is 1. The molecule has 0 aromatic heterocycles. The van der Waals surface area contributed by atoms with Crippen molar-refractivity contribution >= 4 is 5.91 Å². The molecule has 1 unspecified atom stereocenters. The van der Waals surface area contributed by atoms with Crippen LogP contribution in [-0.2, 0) is 9.53 Å². The van der Waals surface area contributed by atoms with E-state index < -0.39 is 5.54 Å². The third kappa shape index (κ3) is 2.92. The average molecular weight is 214 g/mol. The number of nitrogens with zero attached hydrogens (tertiary/aromatic N) is 1. The molecule has 4 nitrogen and oxygen atoms in total. The van der Waals surface area contributed by atoms with Gasteiger partial charge >= 0.3 is 0 Å². The van der Waals surface area contributed by atoms with Crippen LogP contribution in [0.25, 0.3) is 0 Å². The minimum atomic E-state index is -0.480. The normalized spacial score (nSPS) is 21.7. The van der Waals surface area contributed by atoms with E-state index in [0.717, 1.165) is 19.6 Å². The summed E-state index contributed by atoms with van der Waals surface area (Å²) in [5, 5.41) is 3.19. The summed E-state index contributed by atoms with van der Waals surface area (Å²) in [5.74, 6) is 0.139. The van der Waals surface area contributed by atoms with E-state index >= 15 is 0 Å². The summed E-state index contributed by atoms with van der Waals surface area (Å²) in [6.07, 6.45) is 0.949. The van der Waals surface area contributed by atoms with E-state index in [9.17, 15) is 4.79 Å². The number of carbonyl (C=O) groups is 1. The van der Waals surface area contributed by atoms with Crippen LogP contribution >= 0.6 is 0 Å². The van der Waals surface area contributed by atoms with Gasteiger partial charge in [0.15, 0.2) is 0 Å². The number of hydrogen-bond donors (Lipinski definition) is 1. The molecule has 15 heavy (non-hydrogen) atoms. The van der Waals surface area contributed by atoms with Gasteiger partial charge in [-0.3, -0.25) is 4.79 Å². The minimum absolute atomic E-state index is 0.139. The first-order valence-electron chi connectivity index (χ1n) is 5.59. The van der Waals surface area contributed by atoms with E-state index in [2.05, 4.69) is 5.32 Å². The third-order valence-corrected chi connectivity index (χ3v) is 2.93. The molecule has 0 bridgehead atoms. The van der Waals surface area contributed by atoms with Crippen LogP contribution in [0, 0.1) is 0 Å². The number of nitrogens with one attached hydrogen (secondary N) is 1. The van der Waals surface area contributed by atoms with Crippen molar-refractivity contribution in [2.24, 2.45) is 0 Å². The lowest BCUT2D eigenvalue weighted by atomic mass is 10.0. The molecular weight excluding hydrogens is 192 g/mol. The second-order valence-corrected chi connectivity index (χ2v) is 4.59. The van der Waals surface area contributed by atoms with Crippen LogP contribution in [-0.4, -0.2) is 49.2 Å². The molecule has 1 amide bonds. The highest BCUT2D eigenvalue weighted by Gasteiger charge is 2.33. The lowest BCUT2D eigenvalue weighted by Crippen LogP contribution is -2.55. The van der Waals surface area contributed by atoms with Gasteiger partial charge in [0.1, 0.15) is 0 Å². The summed E-state index contributed by atoms with van der Waals surface area (Å²) in [6.45, 7) is 8.09. The second kappa shape index (κ2) is 4.94. The van der Waals surface area contributed by atoms with Crippen molar-refractivity contribution in [2.45, 2.75) is 38.8 Å². The zero-order chi connectivity index (χ0) is 11.5. The molecule has 1 saturated heterocycles. The lowest BCUT2D eigenvalue weighted by Gasteiger charge is -2.33. The van der Waals surface area contributed by atoms with Crippen molar-refractivity contribution in [3.8, 4) is 0 Å². The maximum Gasteiger partial charge on any atom is 0.242 e. The molecular formula is C11H22N2O2. The number of hydrogen-bond acceptors (Lipinski definition) is 3. The maximum atomic E-state index is 12.1. The van der Waals surface area contributed by atoms with Crippen LogP contribution in [0.3, 0.4) is 0 Å². The summed E-state index contributed by atoms with van der Waals surface area (Å²) < 4.78 is 5.29. The van der Waals surface area contributed by atoms with Crippen molar-refractivity contribution in [3.05, 3.63) is 0 Å². The van der Waals surface area contributed by atoms with E-state index in [0.29, 0.717) is 6.61 Å². The van der Waals surface area contributed by atoms with E-state index in [-0.39, 0.29) is 11.9 Å². The Morgan fingerprint density at radius 1 is 1.60 bits per heavy atom. The first-order valence-corrected chi connectivity index (χ1v) is 5.59. The Kier molecular flexibility index (Phi) is 4.11. The molecule has 0 spiro atoms. The number of rotatable bonds is 4. The van der Waals surface area contributed by atoms with Crippen LogP contribution in [0.15, 0.2) is 0 Å².